The zero-order valence-corrected chi connectivity index (χ0v) is 27.9. The highest BCUT2D eigenvalue weighted by Gasteiger charge is 2.32. The number of esters is 1. The Morgan fingerprint density at radius 2 is 1.88 bits per heavy atom. The molecule has 2 atom stereocenters. The number of urea groups is 1. The van der Waals surface area contributed by atoms with Crippen LogP contribution in [0.15, 0.2) is 83.6 Å². The third-order valence-corrected chi connectivity index (χ3v) is 7.55. The first-order valence-corrected chi connectivity index (χ1v) is 15.5. The van der Waals surface area contributed by atoms with Crippen LogP contribution in [-0.2, 0) is 22.6 Å². The smallest absolute Gasteiger partial charge is 0.337 e. The van der Waals surface area contributed by atoms with Gasteiger partial charge in [-0.05, 0) is 61.7 Å². The molecule has 0 aliphatic carbocycles. The number of carbonyl (C=O) groups is 2. The number of aliphatic hydroxyl groups excluding tert-OH is 1. The Balaban J connectivity index is 1.43. The molecule has 1 aliphatic rings. The highest BCUT2D eigenvalue weighted by molar-refractivity contribution is 6.31. The van der Waals surface area contributed by atoms with Gasteiger partial charge in [-0.2, -0.15) is 5.10 Å². The highest BCUT2D eigenvalue weighted by atomic mass is 35.5. The summed E-state index contributed by atoms with van der Waals surface area (Å²) in [5, 5.41) is 20.7. The van der Waals surface area contributed by atoms with Crippen molar-refractivity contribution in [1.82, 2.24) is 16.1 Å². The van der Waals surface area contributed by atoms with Crippen LogP contribution >= 0.6 is 11.6 Å². The molecule has 0 unspecified atom stereocenters. The topological polar surface area (TPSA) is 149 Å². The lowest BCUT2D eigenvalue weighted by molar-refractivity contribution is -0.136. The van der Waals surface area contributed by atoms with E-state index in [2.05, 4.69) is 27.7 Å². The van der Waals surface area contributed by atoms with Gasteiger partial charge < -0.3 is 39.4 Å². The molecule has 0 aromatic heterocycles. The maximum Gasteiger partial charge on any atom is 0.337 e. The van der Waals surface area contributed by atoms with Crippen molar-refractivity contribution in [1.29, 1.82) is 0 Å². The van der Waals surface area contributed by atoms with Crippen LogP contribution < -0.4 is 35.0 Å². The Morgan fingerprint density at radius 3 is 2.58 bits per heavy atom. The van der Waals surface area contributed by atoms with E-state index in [0.717, 1.165) is 11.1 Å². The number of ether oxygens (including phenoxy) is 5. The summed E-state index contributed by atoms with van der Waals surface area (Å²) < 4.78 is 28.3. The summed E-state index contributed by atoms with van der Waals surface area (Å²) in [5.74, 6) is 1.21. The number of hydrogen-bond acceptors (Lipinski definition) is 10. The number of aliphatic hydroxyl groups is 1. The summed E-state index contributed by atoms with van der Waals surface area (Å²) >= 11 is 6.30. The van der Waals surface area contributed by atoms with Gasteiger partial charge in [0.1, 0.15) is 13.2 Å². The largest absolute Gasteiger partial charge is 0.493 e. The zero-order chi connectivity index (χ0) is 34.6. The first kappa shape index (κ1) is 35.7. The molecule has 0 radical (unpaired) electrons. The standard InChI is InChI=1S/C35H39ClN4O8/c1-6-10-24-15-22(16-29(44-4)33(24)48-19-25-11-8-9-12-26(25)36)18-37-40-30(41)20-47-27-14-13-23(17-28(27)46-7-2)32-31(34(42)45-5)21(3)38-35(43)39-32/h6,8-9,11-18,30,32,40-41H,1,7,10,19-20H2,2-5H3,(H2,38,39,43)/b37-18-/t30-,32+/m0/s1. The van der Waals surface area contributed by atoms with E-state index in [1.165, 1.54) is 13.3 Å². The van der Waals surface area contributed by atoms with E-state index >= 15 is 0 Å². The summed E-state index contributed by atoms with van der Waals surface area (Å²) in [4.78, 5) is 24.7. The minimum atomic E-state index is -1.18. The number of nitrogens with one attached hydrogen (secondary N) is 3. The van der Waals surface area contributed by atoms with Crippen molar-refractivity contribution in [2.45, 2.75) is 39.1 Å². The van der Waals surface area contributed by atoms with Gasteiger partial charge in [0.05, 0.1) is 38.7 Å². The van der Waals surface area contributed by atoms with Crippen LogP contribution in [-0.4, -0.2) is 57.0 Å². The number of hydrazone groups is 1. The quantitative estimate of drug-likeness (QED) is 0.0529. The van der Waals surface area contributed by atoms with Gasteiger partial charge in [0.15, 0.2) is 29.2 Å². The highest BCUT2D eigenvalue weighted by Crippen LogP contribution is 2.36. The minimum Gasteiger partial charge on any atom is -0.493 e. The molecule has 48 heavy (non-hydrogen) atoms. The van der Waals surface area contributed by atoms with Gasteiger partial charge in [0.2, 0.25) is 0 Å². The number of rotatable bonds is 16. The SMILES string of the molecule is C=CCc1cc(/C=N\N[C@@H](O)COc2ccc([C@H]3NC(=O)NC(C)=C3C(=O)OC)cc2OCC)cc(OC)c1OCc1ccccc1Cl. The molecule has 3 aromatic rings. The Morgan fingerprint density at radius 1 is 1.08 bits per heavy atom. The fourth-order valence-corrected chi connectivity index (χ4v) is 5.16. The molecule has 13 heteroatoms. The first-order chi connectivity index (χ1) is 23.2. The second-order valence-corrected chi connectivity index (χ2v) is 10.9. The van der Waals surface area contributed by atoms with Crippen molar-refractivity contribution in [3.63, 3.8) is 0 Å². The molecular weight excluding hydrogens is 640 g/mol. The monoisotopic (exact) mass is 678 g/mol. The van der Waals surface area contributed by atoms with E-state index in [4.69, 9.17) is 35.3 Å². The average molecular weight is 679 g/mol. The van der Waals surface area contributed by atoms with E-state index in [-0.39, 0.29) is 18.8 Å². The first-order valence-electron chi connectivity index (χ1n) is 15.1. The van der Waals surface area contributed by atoms with Gasteiger partial charge in [0.25, 0.3) is 0 Å². The maximum atomic E-state index is 12.5. The molecule has 1 heterocycles. The molecule has 0 spiro atoms. The molecule has 4 rings (SSSR count). The normalized spacial score (nSPS) is 14.9. The van der Waals surface area contributed by atoms with Gasteiger partial charge in [0, 0.05) is 21.8 Å². The summed E-state index contributed by atoms with van der Waals surface area (Å²) in [7, 11) is 2.83. The summed E-state index contributed by atoms with van der Waals surface area (Å²) in [6, 6.07) is 14.9. The van der Waals surface area contributed by atoms with Crippen molar-refractivity contribution in [3.05, 3.63) is 106 Å². The lowest BCUT2D eigenvalue weighted by Gasteiger charge is -2.28. The minimum absolute atomic E-state index is 0.173. The summed E-state index contributed by atoms with van der Waals surface area (Å²) in [6.07, 6.45) is 2.64. The number of halogens is 1. The van der Waals surface area contributed by atoms with Crippen LogP contribution in [0.3, 0.4) is 0 Å². The van der Waals surface area contributed by atoms with Gasteiger partial charge in [-0.15, -0.1) is 6.58 Å². The second kappa shape index (κ2) is 17.1. The van der Waals surface area contributed by atoms with Crippen LogP contribution in [0.4, 0.5) is 4.79 Å². The molecule has 0 fully saturated rings. The molecule has 3 aromatic carbocycles. The molecule has 0 saturated heterocycles. The molecule has 1 aliphatic heterocycles. The van der Waals surface area contributed by atoms with Crippen molar-refractivity contribution in [2.75, 3.05) is 27.4 Å². The van der Waals surface area contributed by atoms with Crippen LogP contribution in [0.25, 0.3) is 0 Å². The number of allylic oxidation sites excluding steroid dienone is 2. The molecule has 0 bridgehead atoms. The predicted octanol–water partition coefficient (Wildman–Crippen LogP) is 5.18. The fraction of sp³-hybridized carbons (Fsp3) is 0.286. The van der Waals surface area contributed by atoms with Crippen LogP contribution in [0.1, 0.15) is 42.1 Å². The predicted molar refractivity (Wildman–Crippen MR) is 182 cm³/mol. The van der Waals surface area contributed by atoms with E-state index in [9.17, 15) is 14.7 Å². The Kier molecular flexibility index (Phi) is 12.7. The average Bonchev–Trinajstić information content (AvgIpc) is 3.07. The van der Waals surface area contributed by atoms with Crippen molar-refractivity contribution in [2.24, 2.45) is 5.10 Å². The number of nitrogens with zero attached hydrogens (tertiary/aromatic N) is 1. The number of methoxy groups -OCH3 is 2. The second-order valence-electron chi connectivity index (χ2n) is 10.5. The van der Waals surface area contributed by atoms with Crippen LogP contribution in [0.5, 0.6) is 23.0 Å². The molecule has 0 saturated carbocycles. The Bertz CT molecular complexity index is 1690. The van der Waals surface area contributed by atoms with Crippen molar-refractivity contribution < 1.29 is 38.4 Å². The fourth-order valence-electron chi connectivity index (χ4n) is 4.97. The van der Waals surface area contributed by atoms with E-state index < -0.39 is 24.3 Å². The van der Waals surface area contributed by atoms with Gasteiger partial charge >= 0.3 is 12.0 Å². The Hall–Kier alpha value is -5.20. The van der Waals surface area contributed by atoms with Gasteiger partial charge in [-0.3, -0.25) is 5.43 Å². The van der Waals surface area contributed by atoms with Crippen LogP contribution in [0, 0.1) is 0 Å². The molecular formula is C35H39ClN4O8. The maximum absolute atomic E-state index is 12.5. The summed E-state index contributed by atoms with van der Waals surface area (Å²) in [6.45, 7) is 7.70. The molecule has 12 nitrogen and oxygen atoms in total. The summed E-state index contributed by atoms with van der Waals surface area (Å²) in [5.41, 5.74) is 6.25. The Labute approximate surface area is 284 Å². The third kappa shape index (κ3) is 8.99. The van der Waals surface area contributed by atoms with Crippen molar-refractivity contribution >= 4 is 29.8 Å². The van der Waals surface area contributed by atoms with Gasteiger partial charge in [-0.1, -0.05) is 41.9 Å². The molecule has 4 N–H and O–H groups in total. The lowest BCUT2D eigenvalue weighted by Crippen LogP contribution is -2.45. The number of benzene rings is 3. The van der Waals surface area contributed by atoms with Crippen LogP contribution in [0.2, 0.25) is 5.02 Å². The van der Waals surface area contributed by atoms with E-state index in [1.807, 2.05) is 31.2 Å². The van der Waals surface area contributed by atoms with Gasteiger partial charge in [-0.25, -0.2) is 9.59 Å². The number of hydrogen-bond donors (Lipinski definition) is 4. The van der Waals surface area contributed by atoms with Crippen molar-refractivity contribution in [3.8, 4) is 23.0 Å². The van der Waals surface area contributed by atoms with E-state index in [1.54, 1.807) is 50.4 Å². The zero-order valence-electron chi connectivity index (χ0n) is 27.2. The molecule has 254 valence electrons. The third-order valence-electron chi connectivity index (χ3n) is 7.18. The lowest BCUT2D eigenvalue weighted by atomic mass is 9.95. The number of amides is 2. The molecule has 2 amide bonds. The number of carbonyl (C=O) groups excluding carboxylic acids is 2. The van der Waals surface area contributed by atoms with E-state index in [0.29, 0.717) is 57.9 Å².